The predicted octanol–water partition coefficient (Wildman–Crippen LogP) is 5.08. The lowest BCUT2D eigenvalue weighted by atomic mass is 9.76. The normalized spacial score (nSPS) is 25.8. The van der Waals surface area contributed by atoms with Crippen molar-refractivity contribution >= 4 is 35.1 Å². The summed E-state index contributed by atoms with van der Waals surface area (Å²) in [6.45, 7) is 2.91. The fourth-order valence-corrected chi connectivity index (χ4v) is 7.09. The number of ether oxygens (including phenoxy) is 1. The Morgan fingerprint density at radius 2 is 1.88 bits per heavy atom. The Hall–Kier alpha value is -2.97. The molecule has 1 spiro atoms. The van der Waals surface area contributed by atoms with Crippen LogP contribution in [0.25, 0.3) is 0 Å². The quantitative estimate of drug-likeness (QED) is 0.398. The van der Waals surface area contributed by atoms with Crippen molar-refractivity contribution in [1.29, 1.82) is 5.41 Å². The molecule has 2 amide bonds. The minimum absolute atomic E-state index is 0.104. The van der Waals surface area contributed by atoms with Crippen LogP contribution in [0.2, 0.25) is 5.02 Å². The number of allylic oxidation sites excluding steroid dienone is 4. The third-order valence-corrected chi connectivity index (χ3v) is 9.71. The van der Waals surface area contributed by atoms with Gasteiger partial charge in [0.05, 0.1) is 28.8 Å². The lowest BCUT2D eigenvalue weighted by Gasteiger charge is -2.48. The number of carboxylic acids is 1. The molecule has 1 aromatic rings. The van der Waals surface area contributed by atoms with E-state index in [2.05, 4.69) is 5.32 Å². The summed E-state index contributed by atoms with van der Waals surface area (Å²) < 4.78 is 5.57. The molecule has 2 atom stereocenters. The summed E-state index contributed by atoms with van der Waals surface area (Å²) >= 11 is 6.53. The molecule has 6 rings (SSSR count). The Labute approximate surface area is 239 Å². The lowest BCUT2D eigenvalue weighted by Crippen LogP contribution is -2.60. The van der Waals surface area contributed by atoms with E-state index >= 15 is 0 Å². The zero-order valence-electron chi connectivity index (χ0n) is 22.6. The molecule has 0 radical (unpaired) electrons. The number of aliphatic carboxylic acids is 1. The molecule has 3 fully saturated rings. The third-order valence-electron chi connectivity index (χ3n) is 9.39. The van der Waals surface area contributed by atoms with Gasteiger partial charge in [0.1, 0.15) is 0 Å². The highest BCUT2D eigenvalue weighted by molar-refractivity contribution is 6.34. The van der Waals surface area contributed by atoms with Crippen LogP contribution in [0.1, 0.15) is 79.6 Å². The van der Waals surface area contributed by atoms with E-state index in [0.717, 1.165) is 55.7 Å². The Kier molecular flexibility index (Phi) is 7.34. The average molecular weight is 566 g/mol. The van der Waals surface area contributed by atoms with Crippen LogP contribution in [-0.2, 0) is 14.3 Å². The molecular weight excluding hydrogens is 530 g/mol. The van der Waals surface area contributed by atoms with Crippen molar-refractivity contribution in [3.63, 3.8) is 0 Å². The van der Waals surface area contributed by atoms with E-state index in [1.165, 1.54) is 0 Å². The summed E-state index contributed by atoms with van der Waals surface area (Å²) in [5.74, 6) is -1.36. The van der Waals surface area contributed by atoms with Crippen LogP contribution in [0.15, 0.2) is 41.1 Å². The van der Waals surface area contributed by atoms with E-state index in [1.807, 2.05) is 23.1 Å². The highest BCUT2D eigenvalue weighted by Crippen LogP contribution is 2.44. The average Bonchev–Trinajstić information content (AvgIpc) is 3.66. The first kappa shape index (κ1) is 27.2. The van der Waals surface area contributed by atoms with Crippen LogP contribution in [0.3, 0.4) is 0 Å². The van der Waals surface area contributed by atoms with Crippen LogP contribution in [0, 0.1) is 22.7 Å². The molecule has 2 heterocycles. The van der Waals surface area contributed by atoms with Crippen molar-refractivity contribution in [3.05, 3.63) is 57.3 Å². The highest BCUT2D eigenvalue weighted by Gasteiger charge is 2.49. The van der Waals surface area contributed by atoms with Crippen molar-refractivity contribution in [2.45, 2.75) is 63.7 Å². The molecule has 2 saturated heterocycles. The second kappa shape index (κ2) is 10.8. The number of carbonyl (C=O) groups is 3. The van der Waals surface area contributed by atoms with Gasteiger partial charge in [-0.15, -0.1) is 0 Å². The Balaban J connectivity index is 1.25. The van der Waals surface area contributed by atoms with Crippen molar-refractivity contribution in [2.24, 2.45) is 17.3 Å². The van der Waals surface area contributed by atoms with Crippen LogP contribution in [-0.4, -0.2) is 59.8 Å². The molecule has 0 aromatic heterocycles. The van der Waals surface area contributed by atoms with Crippen molar-refractivity contribution < 1.29 is 24.2 Å². The molecule has 3 N–H and O–H groups in total. The number of hydrogen-bond donors (Lipinski definition) is 3. The SMILES string of the molecule is N=C(C1=CCC(C(=O)O)CC1)C1=C(NC(=O)c2c(Cl)cccc2C2CC2)CC(C(=O)N2CC3(CCOC3)C2)CC1. The number of nitrogens with zero attached hydrogens (tertiary/aromatic N) is 1. The van der Waals surface area contributed by atoms with Crippen molar-refractivity contribution in [2.75, 3.05) is 26.3 Å². The molecule has 2 aliphatic heterocycles. The lowest BCUT2D eigenvalue weighted by molar-refractivity contribution is -0.148. The Morgan fingerprint density at radius 3 is 2.52 bits per heavy atom. The molecule has 8 nitrogen and oxygen atoms in total. The number of halogens is 1. The number of rotatable bonds is 7. The van der Waals surface area contributed by atoms with Gasteiger partial charge < -0.3 is 25.5 Å². The maximum Gasteiger partial charge on any atom is 0.306 e. The Morgan fingerprint density at radius 1 is 1.10 bits per heavy atom. The van der Waals surface area contributed by atoms with Gasteiger partial charge in [-0.3, -0.25) is 14.4 Å². The number of carbonyl (C=O) groups excluding carboxylic acids is 2. The van der Waals surface area contributed by atoms with Gasteiger partial charge in [0.2, 0.25) is 5.91 Å². The van der Waals surface area contributed by atoms with Crippen LogP contribution in [0.4, 0.5) is 0 Å². The fourth-order valence-electron chi connectivity index (χ4n) is 6.82. The second-order valence-corrected chi connectivity index (χ2v) is 12.6. The summed E-state index contributed by atoms with van der Waals surface area (Å²) in [4.78, 5) is 40.6. The van der Waals surface area contributed by atoms with E-state index < -0.39 is 11.9 Å². The van der Waals surface area contributed by atoms with Gasteiger partial charge in [-0.1, -0.05) is 29.8 Å². The minimum atomic E-state index is -0.809. The molecule has 212 valence electrons. The Bertz CT molecular complexity index is 1320. The van der Waals surface area contributed by atoms with Crippen LogP contribution in [0.5, 0.6) is 0 Å². The topological polar surface area (TPSA) is 120 Å². The number of amides is 2. The first-order valence-electron chi connectivity index (χ1n) is 14.4. The molecule has 5 aliphatic rings. The molecular formula is C31H36ClN3O5. The summed E-state index contributed by atoms with van der Waals surface area (Å²) in [7, 11) is 0. The fraction of sp³-hybridized carbons (Fsp3) is 0.548. The standard InChI is InChI=1S/C31H36ClN3O5/c32-24-3-1-2-22(18-4-5-18)26(24)28(36)34-25-14-21(29(37)35-15-31(16-35)12-13-40-17-31)10-11-23(25)27(33)19-6-8-20(9-7-19)30(38)39/h1-3,6,18,20-21,33H,4-5,7-17H2,(H,34,36)(H,38,39). The molecule has 3 aliphatic carbocycles. The van der Waals surface area contributed by atoms with Crippen molar-refractivity contribution in [3.8, 4) is 0 Å². The largest absolute Gasteiger partial charge is 0.481 e. The van der Waals surface area contributed by atoms with Gasteiger partial charge in [-0.2, -0.15) is 0 Å². The van der Waals surface area contributed by atoms with E-state index in [0.29, 0.717) is 73.0 Å². The summed E-state index contributed by atoms with van der Waals surface area (Å²) in [6, 6.07) is 5.56. The number of nitrogens with one attached hydrogen (secondary N) is 2. The molecule has 1 saturated carbocycles. The summed E-state index contributed by atoms with van der Waals surface area (Å²) in [6.07, 6.45) is 7.78. The molecule has 0 bridgehead atoms. The zero-order chi connectivity index (χ0) is 28.0. The first-order chi connectivity index (χ1) is 19.2. The van der Waals surface area contributed by atoms with Gasteiger partial charge in [0.15, 0.2) is 0 Å². The second-order valence-electron chi connectivity index (χ2n) is 12.2. The molecule has 2 unspecified atom stereocenters. The number of hydrogen-bond acceptors (Lipinski definition) is 5. The maximum absolute atomic E-state index is 13.7. The number of carboxylic acid groups (broad SMARTS) is 1. The highest BCUT2D eigenvalue weighted by atomic mass is 35.5. The van der Waals surface area contributed by atoms with Gasteiger partial charge >= 0.3 is 5.97 Å². The zero-order valence-corrected chi connectivity index (χ0v) is 23.4. The predicted molar refractivity (Wildman–Crippen MR) is 150 cm³/mol. The third kappa shape index (κ3) is 5.23. The van der Waals surface area contributed by atoms with Crippen molar-refractivity contribution in [1.82, 2.24) is 10.2 Å². The van der Waals surface area contributed by atoms with E-state index in [4.69, 9.17) is 21.7 Å². The molecule has 9 heteroatoms. The van der Waals surface area contributed by atoms with Crippen LogP contribution < -0.4 is 5.32 Å². The maximum atomic E-state index is 13.7. The summed E-state index contributed by atoms with van der Waals surface area (Å²) in [5, 5.41) is 21.9. The number of benzene rings is 1. The molecule has 1 aromatic carbocycles. The smallest absolute Gasteiger partial charge is 0.306 e. The summed E-state index contributed by atoms with van der Waals surface area (Å²) in [5.41, 5.74) is 4.04. The van der Waals surface area contributed by atoms with Crippen LogP contribution >= 0.6 is 11.6 Å². The van der Waals surface area contributed by atoms with E-state index in [1.54, 1.807) is 6.07 Å². The monoisotopic (exact) mass is 565 g/mol. The van der Waals surface area contributed by atoms with E-state index in [9.17, 15) is 19.5 Å². The van der Waals surface area contributed by atoms with Gasteiger partial charge in [-0.25, -0.2) is 0 Å². The van der Waals surface area contributed by atoms with Gasteiger partial charge in [0.25, 0.3) is 5.91 Å². The first-order valence-corrected chi connectivity index (χ1v) is 14.8. The number of likely N-dealkylation sites (tertiary alicyclic amines) is 1. The van der Waals surface area contributed by atoms with Gasteiger partial charge in [0, 0.05) is 36.7 Å². The minimum Gasteiger partial charge on any atom is -0.481 e. The molecule has 40 heavy (non-hydrogen) atoms. The van der Waals surface area contributed by atoms with E-state index in [-0.39, 0.29) is 23.1 Å². The van der Waals surface area contributed by atoms with Gasteiger partial charge in [-0.05, 0) is 86.5 Å².